The second-order valence-corrected chi connectivity index (χ2v) is 5.12. The summed E-state index contributed by atoms with van der Waals surface area (Å²) in [6.45, 7) is 2.51. The summed E-state index contributed by atoms with van der Waals surface area (Å²) in [7, 11) is 1.55. The molecular weight excluding hydrogens is 320 g/mol. The Balaban J connectivity index is 1.86. The van der Waals surface area contributed by atoms with E-state index >= 15 is 0 Å². The van der Waals surface area contributed by atoms with Gasteiger partial charge in [-0.2, -0.15) is 5.10 Å². The van der Waals surface area contributed by atoms with E-state index in [1.807, 2.05) is 37.3 Å². The molecule has 132 valence electrons. The topological polar surface area (TPSA) is 69.2 Å². The number of ether oxygens (including phenoxy) is 3. The third-order valence-corrected chi connectivity index (χ3v) is 3.20. The van der Waals surface area contributed by atoms with Crippen LogP contribution in [0.1, 0.15) is 18.9 Å². The highest BCUT2D eigenvalue weighted by Gasteiger charge is 2.06. The summed E-state index contributed by atoms with van der Waals surface area (Å²) in [5, 5.41) is 3.95. The number of hydrogen-bond donors (Lipinski definition) is 1. The van der Waals surface area contributed by atoms with Crippen LogP contribution >= 0.6 is 0 Å². The molecule has 2 aromatic rings. The van der Waals surface area contributed by atoms with E-state index in [1.54, 1.807) is 31.5 Å². The number of nitrogens with zero attached hydrogens (tertiary/aromatic N) is 1. The Kier molecular flexibility index (Phi) is 7.31. The Labute approximate surface area is 147 Å². The lowest BCUT2D eigenvalue weighted by Crippen LogP contribution is -2.24. The van der Waals surface area contributed by atoms with Crippen molar-refractivity contribution >= 4 is 12.1 Å². The van der Waals surface area contributed by atoms with Gasteiger partial charge in [0, 0.05) is 5.56 Å². The highest BCUT2D eigenvalue weighted by atomic mass is 16.5. The number of amides is 1. The molecular formula is C19H22N2O4. The predicted octanol–water partition coefficient (Wildman–Crippen LogP) is 3.01. The zero-order valence-corrected chi connectivity index (χ0v) is 14.4. The second kappa shape index (κ2) is 9.97. The molecule has 2 rings (SSSR count). The van der Waals surface area contributed by atoms with Crippen LogP contribution < -0.4 is 19.6 Å². The molecule has 0 aliphatic heterocycles. The summed E-state index contributed by atoms with van der Waals surface area (Å²) in [4.78, 5) is 11.8. The fourth-order valence-corrected chi connectivity index (χ4v) is 2.02. The van der Waals surface area contributed by atoms with Gasteiger partial charge >= 0.3 is 0 Å². The summed E-state index contributed by atoms with van der Waals surface area (Å²) in [5.41, 5.74) is 3.22. The van der Waals surface area contributed by atoms with Crippen LogP contribution in [0.5, 0.6) is 17.2 Å². The Morgan fingerprint density at radius 2 is 1.72 bits per heavy atom. The molecule has 6 nitrogen and oxygen atoms in total. The number of benzene rings is 2. The van der Waals surface area contributed by atoms with Gasteiger partial charge in [0.25, 0.3) is 5.91 Å². The number of hydrogen-bond acceptors (Lipinski definition) is 5. The van der Waals surface area contributed by atoms with Crippen molar-refractivity contribution < 1.29 is 19.0 Å². The number of rotatable bonds is 9. The van der Waals surface area contributed by atoms with Gasteiger partial charge in [-0.1, -0.05) is 31.2 Å². The summed E-state index contributed by atoms with van der Waals surface area (Å²) < 4.78 is 16.2. The van der Waals surface area contributed by atoms with E-state index in [-0.39, 0.29) is 12.5 Å². The third kappa shape index (κ3) is 5.84. The summed E-state index contributed by atoms with van der Waals surface area (Å²) in [5.74, 6) is 1.44. The molecule has 0 saturated heterocycles. The first kappa shape index (κ1) is 18.3. The van der Waals surface area contributed by atoms with Crippen LogP contribution in [0.25, 0.3) is 0 Å². The van der Waals surface area contributed by atoms with Crippen LogP contribution in [-0.4, -0.2) is 32.4 Å². The van der Waals surface area contributed by atoms with Gasteiger partial charge < -0.3 is 14.2 Å². The SMILES string of the molecule is CCCOc1ccccc1/C=N\NC(=O)COc1ccccc1OC. The third-order valence-electron chi connectivity index (χ3n) is 3.20. The lowest BCUT2D eigenvalue weighted by molar-refractivity contribution is -0.123. The van der Waals surface area contributed by atoms with Gasteiger partial charge in [-0.3, -0.25) is 4.79 Å². The van der Waals surface area contributed by atoms with Gasteiger partial charge in [0.1, 0.15) is 5.75 Å². The number of carbonyl (C=O) groups excluding carboxylic acids is 1. The molecule has 6 heteroatoms. The number of nitrogens with one attached hydrogen (secondary N) is 1. The first-order valence-electron chi connectivity index (χ1n) is 8.04. The average Bonchev–Trinajstić information content (AvgIpc) is 2.65. The first-order chi connectivity index (χ1) is 12.2. The van der Waals surface area contributed by atoms with E-state index in [0.717, 1.165) is 17.7 Å². The molecule has 0 bridgehead atoms. The maximum Gasteiger partial charge on any atom is 0.277 e. The number of hydrazone groups is 1. The molecule has 2 aromatic carbocycles. The molecule has 0 saturated carbocycles. The molecule has 1 N–H and O–H groups in total. The monoisotopic (exact) mass is 342 g/mol. The van der Waals surface area contributed by atoms with Crippen molar-refractivity contribution in [2.75, 3.05) is 20.3 Å². The van der Waals surface area contributed by atoms with Crippen molar-refractivity contribution in [3.8, 4) is 17.2 Å². The molecule has 0 radical (unpaired) electrons. The van der Waals surface area contributed by atoms with Crippen LogP contribution in [0.4, 0.5) is 0 Å². The van der Waals surface area contributed by atoms with Crippen LogP contribution in [0.3, 0.4) is 0 Å². The van der Waals surface area contributed by atoms with Crippen molar-refractivity contribution in [1.82, 2.24) is 5.43 Å². The van der Waals surface area contributed by atoms with Gasteiger partial charge in [-0.15, -0.1) is 0 Å². The van der Waals surface area contributed by atoms with Crippen molar-refractivity contribution in [1.29, 1.82) is 0 Å². The minimum absolute atomic E-state index is 0.161. The van der Waals surface area contributed by atoms with Crippen LogP contribution in [0.15, 0.2) is 53.6 Å². The standard InChI is InChI=1S/C19H22N2O4/c1-3-12-24-16-9-5-4-8-15(16)13-20-21-19(22)14-25-18-11-7-6-10-17(18)23-2/h4-11,13H,3,12,14H2,1-2H3,(H,21,22)/b20-13-. The summed E-state index contributed by atoms with van der Waals surface area (Å²) in [6.07, 6.45) is 2.47. The zero-order valence-electron chi connectivity index (χ0n) is 14.4. The fourth-order valence-electron chi connectivity index (χ4n) is 2.02. The van der Waals surface area contributed by atoms with E-state index in [0.29, 0.717) is 18.1 Å². The van der Waals surface area contributed by atoms with E-state index < -0.39 is 0 Å². The van der Waals surface area contributed by atoms with Crippen LogP contribution in [0.2, 0.25) is 0 Å². The van der Waals surface area contributed by atoms with Crippen molar-refractivity contribution in [2.24, 2.45) is 5.10 Å². The van der Waals surface area contributed by atoms with Gasteiger partial charge in [-0.05, 0) is 30.7 Å². The zero-order chi connectivity index (χ0) is 17.9. The van der Waals surface area contributed by atoms with Crippen LogP contribution in [0, 0.1) is 0 Å². The van der Waals surface area contributed by atoms with Gasteiger partial charge in [0.15, 0.2) is 18.1 Å². The number of methoxy groups -OCH3 is 1. The van der Waals surface area contributed by atoms with Gasteiger partial charge in [-0.25, -0.2) is 5.43 Å². The van der Waals surface area contributed by atoms with Crippen molar-refractivity contribution in [2.45, 2.75) is 13.3 Å². The van der Waals surface area contributed by atoms with E-state index in [9.17, 15) is 4.79 Å². The lowest BCUT2D eigenvalue weighted by Gasteiger charge is -2.09. The molecule has 25 heavy (non-hydrogen) atoms. The van der Waals surface area contributed by atoms with Crippen LogP contribution in [-0.2, 0) is 4.79 Å². The van der Waals surface area contributed by atoms with E-state index in [1.165, 1.54) is 0 Å². The molecule has 0 aliphatic rings. The summed E-state index contributed by atoms with van der Waals surface area (Å²) in [6, 6.07) is 14.6. The number of carbonyl (C=O) groups is 1. The minimum atomic E-state index is -0.367. The fraction of sp³-hybridized carbons (Fsp3) is 0.263. The van der Waals surface area contributed by atoms with E-state index in [4.69, 9.17) is 14.2 Å². The Hall–Kier alpha value is -3.02. The maximum atomic E-state index is 11.8. The first-order valence-corrected chi connectivity index (χ1v) is 8.04. The maximum absolute atomic E-state index is 11.8. The Morgan fingerprint density at radius 1 is 1.04 bits per heavy atom. The quantitative estimate of drug-likeness (QED) is 0.562. The normalized spacial score (nSPS) is 10.5. The molecule has 0 aliphatic carbocycles. The second-order valence-electron chi connectivity index (χ2n) is 5.12. The number of para-hydroxylation sites is 3. The Bertz CT molecular complexity index is 716. The van der Waals surface area contributed by atoms with Crippen molar-refractivity contribution in [3.05, 3.63) is 54.1 Å². The van der Waals surface area contributed by atoms with E-state index in [2.05, 4.69) is 10.5 Å². The molecule has 0 atom stereocenters. The van der Waals surface area contributed by atoms with Crippen molar-refractivity contribution in [3.63, 3.8) is 0 Å². The molecule has 0 spiro atoms. The predicted molar refractivity (Wildman–Crippen MR) is 96.5 cm³/mol. The molecule has 1 amide bonds. The smallest absolute Gasteiger partial charge is 0.277 e. The molecule has 0 fully saturated rings. The lowest BCUT2D eigenvalue weighted by atomic mass is 10.2. The molecule has 0 aromatic heterocycles. The highest BCUT2D eigenvalue weighted by Crippen LogP contribution is 2.25. The molecule has 0 heterocycles. The van der Waals surface area contributed by atoms with Gasteiger partial charge in [0.05, 0.1) is 19.9 Å². The Morgan fingerprint density at radius 3 is 2.44 bits per heavy atom. The average molecular weight is 342 g/mol. The highest BCUT2D eigenvalue weighted by molar-refractivity contribution is 5.85. The molecule has 0 unspecified atom stereocenters. The summed E-state index contributed by atoms with van der Waals surface area (Å²) >= 11 is 0. The minimum Gasteiger partial charge on any atom is -0.493 e. The largest absolute Gasteiger partial charge is 0.493 e. The van der Waals surface area contributed by atoms with Gasteiger partial charge in [0.2, 0.25) is 0 Å².